The van der Waals surface area contributed by atoms with E-state index in [0.29, 0.717) is 10.8 Å². The summed E-state index contributed by atoms with van der Waals surface area (Å²) in [7, 11) is 0. The van der Waals surface area contributed by atoms with Crippen LogP contribution in [0.5, 0.6) is 5.75 Å². The molecule has 2 aromatic carbocycles. The van der Waals surface area contributed by atoms with E-state index < -0.39 is 6.29 Å². The molecule has 0 saturated carbocycles. The Kier molecular flexibility index (Phi) is 2.13. The van der Waals surface area contributed by atoms with Crippen molar-refractivity contribution in [1.82, 2.24) is 0 Å². The van der Waals surface area contributed by atoms with Gasteiger partial charge in [-0.15, -0.1) is 0 Å². The van der Waals surface area contributed by atoms with Crippen LogP contribution in [0.15, 0.2) is 42.5 Å². The van der Waals surface area contributed by atoms with Crippen LogP contribution in [0.4, 0.5) is 0 Å². The molecular formula is C13H9ClO2. The van der Waals surface area contributed by atoms with Crippen molar-refractivity contribution in [3.8, 4) is 16.9 Å². The molecule has 0 radical (unpaired) electrons. The van der Waals surface area contributed by atoms with Gasteiger partial charge in [0.1, 0.15) is 5.75 Å². The Hall–Kier alpha value is -1.51. The van der Waals surface area contributed by atoms with Crippen molar-refractivity contribution in [2.45, 2.75) is 6.29 Å². The molecule has 3 rings (SSSR count). The highest BCUT2D eigenvalue weighted by molar-refractivity contribution is 6.31. The molecule has 1 atom stereocenters. The number of aliphatic hydroxyl groups excluding tert-OH is 1. The van der Waals surface area contributed by atoms with Crippen LogP contribution in [-0.2, 0) is 0 Å². The zero-order valence-electron chi connectivity index (χ0n) is 8.35. The van der Waals surface area contributed by atoms with Crippen molar-refractivity contribution >= 4 is 11.6 Å². The monoisotopic (exact) mass is 232 g/mol. The van der Waals surface area contributed by atoms with Crippen molar-refractivity contribution in [2.24, 2.45) is 0 Å². The Morgan fingerprint density at radius 1 is 1.06 bits per heavy atom. The van der Waals surface area contributed by atoms with Gasteiger partial charge in [0.25, 0.3) is 0 Å². The van der Waals surface area contributed by atoms with Crippen molar-refractivity contribution in [3.05, 3.63) is 53.1 Å². The second-order valence-corrected chi connectivity index (χ2v) is 4.13. The molecule has 1 aliphatic heterocycles. The minimum atomic E-state index is -0.898. The van der Waals surface area contributed by atoms with Crippen molar-refractivity contribution in [1.29, 1.82) is 0 Å². The van der Waals surface area contributed by atoms with Gasteiger partial charge in [0, 0.05) is 16.1 Å². The van der Waals surface area contributed by atoms with Gasteiger partial charge in [-0.05, 0) is 23.8 Å². The highest BCUT2D eigenvalue weighted by atomic mass is 35.5. The fourth-order valence-electron chi connectivity index (χ4n) is 1.96. The van der Waals surface area contributed by atoms with Crippen LogP contribution in [0.3, 0.4) is 0 Å². The Morgan fingerprint density at radius 2 is 1.88 bits per heavy atom. The number of halogens is 1. The molecule has 16 heavy (non-hydrogen) atoms. The lowest BCUT2D eigenvalue weighted by Gasteiger charge is -2.25. The van der Waals surface area contributed by atoms with Crippen LogP contribution in [0.1, 0.15) is 11.9 Å². The molecule has 2 nitrogen and oxygen atoms in total. The van der Waals surface area contributed by atoms with Gasteiger partial charge >= 0.3 is 0 Å². The average Bonchev–Trinajstić information content (AvgIpc) is 2.31. The zero-order valence-corrected chi connectivity index (χ0v) is 9.11. The van der Waals surface area contributed by atoms with Gasteiger partial charge in [-0.3, -0.25) is 0 Å². The number of ether oxygens (including phenoxy) is 1. The number of benzene rings is 2. The van der Waals surface area contributed by atoms with Crippen LogP contribution >= 0.6 is 11.6 Å². The lowest BCUT2D eigenvalue weighted by molar-refractivity contribution is -0.0213. The molecule has 0 fully saturated rings. The summed E-state index contributed by atoms with van der Waals surface area (Å²) in [5.41, 5.74) is 2.67. The summed E-state index contributed by atoms with van der Waals surface area (Å²) >= 11 is 5.96. The van der Waals surface area contributed by atoms with Gasteiger partial charge < -0.3 is 9.84 Å². The second-order valence-electron chi connectivity index (χ2n) is 3.70. The number of hydrogen-bond acceptors (Lipinski definition) is 2. The standard InChI is InChI=1S/C13H9ClO2/c14-8-5-6-12-11(7-8)9-3-1-2-4-10(9)13(15)16-12/h1-7,13,15H. The minimum Gasteiger partial charge on any atom is -0.460 e. The highest BCUT2D eigenvalue weighted by Crippen LogP contribution is 2.42. The van der Waals surface area contributed by atoms with Gasteiger partial charge in [-0.2, -0.15) is 0 Å². The van der Waals surface area contributed by atoms with E-state index in [4.69, 9.17) is 16.3 Å². The van der Waals surface area contributed by atoms with Gasteiger partial charge in [-0.1, -0.05) is 35.9 Å². The van der Waals surface area contributed by atoms with E-state index in [1.807, 2.05) is 30.3 Å². The molecule has 1 heterocycles. The van der Waals surface area contributed by atoms with E-state index in [1.54, 1.807) is 12.1 Å². The van der Waals surface area contributed by atoms with Crippen LogP contribution in [0.25, 0.3) is 11.1 Å². The third-order valence-corrected chi connectivity index (χ3v) is 2.93. The van der Waals surface area contributed by atoms with Gasteiger partial charge in [-0.25, -0.2) is 0 Å². The number of rotatable bonds is 0. The Labute approximate surface area is 98.1 Å². The fourth-order valence-corrected chi connectivity index (χ4v) is 2.13. The quantitative estimate of drug-likeness (QED) is 0.755. The molecule has 80 valence electrons. The zero-order chi connectivity index (χ0) is 11.1. The van der Waals surface area contributed by atoms with E-state index in [2.05, 4.69) is 0 Å². The first-order chi connectivity index (χ1) is 7.75. The SMILES string of the molecule is OC1Oc2ccc(Cl)cc2-c2ccccc21. The molecule has 1 N–H and O–H groups in total. The number of aliphatic hydroxyl groups is 1. The van der Waals surface area contributed by atoms with Crippen LogP contribution in [0, 0.1) is 0 Å². The van der Waals surface area contributed by atoms with Gasteiger partial charge in [0.2, 0.25) is 6.29 Å². The summed E-state index contributed by atoms with van der Waals surface area (Å²) < 4.78 is 5.41. The van der Waals surface area contributed by atoms with Crippen LogP contribution in [0.2, 0.25) is 5.02 Å². The highest BCUT2D eigenvalue weighted by Gasteiger charge is 2.23. The van der Waals surface area contributed by atoms with Crippen molar-refractivity contribution in [3.63, 3.8) is 0 Å². The summed E-state index contributed by atoms with van der Waals surface area (Å²) in [5.74, 6) is 0.663. The molecule has 1 aliphatic rings. The largest absolute Gasteiger partial charge is 0.460 e. The van der Waals surface area contributed by atoms with E-state index in [-0.39, 0.29) is 0 Å². The van der Waals surface area contributed by atoms with Gasteiger partial charge in [0.15, 0.2) is 0 Å². The van der Waals surface area contributed by atoms with Crippen molar-refractivity contribution in [2.75, 3.05) is 0 Å². The fraction of sp³-hybridized carbons (Fsp3) is 0.0769. The summed E-state index contributed by atoms with van der Waals surface area (Å²) in [6.45, 7) is 0. The first-order valence-electron chi connectivity index (χ1n) is 4.99. The maximum Gasteiger partial charge on any atom is 0.224 e. The Balaban J connectivity index is 2.29. The first kappa shape index (κ1) is 9.70. The first-order valence-corrected chi connectivity index (χ1v) is 5.37. The molecule has 0 aromatic heterocycles. The van der Waals surface area contributed by atoms with E-state index in [0.717, 1.165) is 16.7 Å². The predicted molar refractivity (Wildman–Crippen MR) is 62.5 cm³/mol. The third kappa shape index (κ3) is 1.39. The molecular weight excluding hydrogens is 224 g/mol. The normalized spacial score (nSPS) is 17.2. The maximum absolute atomic E-state index is 9.82. The molecule has 2 aromatic rings. The van der Waals surface area contributed by atoms with E-state index in [9.17, 15) is 5.11 Å². The molecule has 3 heteroatoms. The summed E-state index contributed by atoms with van der Waals surface area (Å²) in [6, 6.07) is 13.0. The Bertz CT molecular complexity index is 551. The number of hydrogen-bond donors (Lipinski definition) is 1. The Morgan fingerprint density at radius 3 is 2.75 bits per heavy atom. The van der Waals surface area contributed by atoms with Crippen LogP contribution in [-0.4, -0.2) is 5.11 Å². The third-order valence-electron chi connectivity index (χ3n) is 2.70. The lowest BCUT2D eigenvalue weighted by atomic mass is 9.96. The van der Waals surface area contributed by atoms with Crippen LogP contribution < -0.4 is 4.74 Å². The lowest BCUT2D eigenvalue weighted by Crippen LogP contribution is -2.12. The molecule has 0 saturated heterocycles. The minimum absolute atomic E-state index is 0.661. The summed E-state index contributed by atoms with van der Waals surface area (Å²) in [5, 5.41) is 10.5. The topological polar surface area (TPSA) is 29.5 Å². The molecule has 0 amide bonds. The predicted octanol–water partition coefficient (Wildman–Crippen LogP) is 3.39. The molecule has 0 spiro atoms. The smallest absolute Gasteiger partial charge is 0.224 e. The second kappa shape index (κ2) is 3.51. The average molecular weight is 233 g/mol. The van der Waals surface area contributed by atoms with E-state index >= 15 is 0 Å². The van der Waals surface area contributed by atoms with Crippen molar-refractivity contribution < 1.29 is 9.84 Å². The molecule has 1 unspecified atom stereocenters. The van der Waals surface area contributed by atoms with Gasteiger partial charge in [0.05, 0.1) is 0 Å². The van der Waals surface area contributed by atoms with E-state index in [1.165, 1.54) is 0 Å². The maximum atomic E-state index is 9.82. The molecule has 0 aliphatic carbocycles. The summed E-state index contributed by atoms with van der Waals surface area (Å²) in [4.78, 5) is 0. The molecule has 0 bridgehead atoms. The summed E-state index contributed by atoms with van der Waals surface area (Å²) in [6.07, 6.45) is -0.898. The number of fused-ring (bicyclic) bond motifs is 3.